The van der Waals surface area contributed by atoms with Crippen LogP contribution in [0.3, 0.4) is 0 Å². The highest BCUT2D eigenvalue weighted by Crippen LogP contribution is 2.33. The third kappa shape index (κ3) is 3.31. The van der Waals surface area contributed by atoms with Crippen LogP contribution in [0, 0.1) is 24.7 Å². The molecule has 0 bridgehead atoms. The molecule has 0 radical (unpaired) electrons. The van der Waals surface area contributed by atoms with Crippen molar-refractivity contribution < 1.29 is 4.79 Å². The minimum absolute atomic E-state index is 0.353. The van der Waals surface area contributed by atoms with Gasteiger partial charge in [0.2, 0.25) is 5.91 Å². The maximum absolute atomic E-state index is 12.3. The first-order valence-electron chi connectivity index (χ1n) is 9.50. The van der Waals surface area contributed by atoms with Crippen molar-refractivity contribution in [1.29, 1.82) is 0 Å². The van der Waals surface area contributed by atoms with Crippen LogP contribution in [0.1, 0.15) is 56.5 Å². The summed E-state index contributed by atoms with van der Waals surface area (Å²) in [4.78, 5) is 19.1. The molecule has 3 fully saturated rings. The molecule has 4 nitrogen and oxygen atoms in total. The third-order valence-electron chi connectivity index (χ3n) is 6.13. The summed E-state index contributed by atoms with van der Waals surface area (Å²) in [6, 6.07) is 0. The molecule has 4 rings (SSSR count). The van der Waals surface area contributed by atoms with Crippen LogP contribution in [-0.2, 0) is 17.8 Å². The van der Waals surface area contributed by atoms with Crippen LogP contribution in [-0.4, -0.2) is 33.4 Å². The van der Waals surface area contributed by atoms with Gasteiger partial charge in [0.1, 0.15) is 5.82 Å². The van der Waals surface area contributed by atoms with Gasteiger partial charge in [0.05, 0.1) is 0 Å². The Hall–Kier alpha value is -1.32. The van der Waals surface area contributed by atoms with E-state index in [9.17, 15) is 4.79 Å². The Morgan fingerprint density at radius 3 is 2.48 bits per heavy atom. The Labute approximate surface area is 139 Å². The summed E-state index contributed by atoms with van der Waals surface area (Å²) in [6.07, 6.45) is 11.7. The second-order valence-corrected chi connectivity index (χ2v) is 7.97. The lowest BCUT2D eigenvalue weighted by Crippen LogP contribution is -2.43. The molecule has 0 N–H and O–H groups in total. The molecule has 0 unspecified atom stereocenters. The lowest BCUT2D eigenvalue weighted by atomic mass is 9.83. The quantitative estimate of drug-likeness (QED) is 0.837. The van der Waals surface area contributed by atoms with Gasteiger partial charge in [0.25, 0.3) is 0 Å². The molecule has 2 saturated carbocycles. The van der Waals surface area contributed by atoms with Crippen molar-refractivity contribution in [3.63, 3.8) is 0 Å². The number of hydrogen-bond donors (Lipinski definition) is 0. The number of carbonyl (C=O) groups is 1. The Bertz CT molecular complexity index is 563. The van der Waals surface area contributed by atoms with E-state index in [0.29, 0.717) is 17.7 Å². The largest absolute Gasteiger partial charge is 0.342 e. The van der Waals surface area contributed by atoms with Gasteiger partial charge in [0.15, 0.2) is 0 Å². The van der Waals surface area contributed by atoms with Gasteiger partial charge in [0, 0.05) is 43.9 Å². The average Bonchev–Trinajstić information content (AvgIpc) is 3.26. The normalized spacial score (nSPS) is 23.1. The zero-order chi connectivity index (χ0) is 15.8. The van der Waals surface area contributed by atoms with Crippen LogP contribution < -0.4 is 0 Å². The molecule has 2 heterocycles. The molecule has 1 saturated heterocycles. The van der Waals surface area contributed by atoms with Gasteiger partial charge >= 0.3 is 0 Å². The number of imidazole rings is 1. The van der Waals surface area contributed by atoms with E-state index in [2.05, 4.69) is 21.4 Å². The Morgan fingerprint density at radius 1 is 1.13 bits per heavy atom. The number of aryl methyl sites for hydroxylation is 1. The summed E-state index contributed by atoms with van der Waals surface area (Å²) in [5.41, 5.74) is 1.31. The highest BCUT2D eigenvalue weighted by molar-refractivity contribution is 5.79. The molecular weight excluding hydrogens is 286 g/mol. The number of likely N-dealkylation sites (tertiary alicyclic amines) is 1. The average molecular weight is 315 g/mol. The van der Waals surface area contributed by atoms with Crippen molar-refractivity contribution in [3.8, 4) is 0 Å². The third-order valence-corrected chi connectivity index (χ3v) is 6.13. The maximum Gasteiger partial charge on any atom is 0.225 e. The lowest BCUT2D eigenvalue weighted by Gasteiger charge is -2.36. The Morgan fingerprint density at radius 2 is 1.87 bits per heavy atom. The van der Waals surface area contributed by atoms with Crippen LogP contribution in [0.4, 0.5) is 0 Å². The van der Waals surface area contributed by atoms with E-state index in [1.54, 1.807) is 0 Å². The first-order chi connectivity index (χ1) is 11.2. The summed E-state index contributed by atoms with van der Waals surface area (Å²) in [5.74, 6) is 3.65. The lowest BCUT2D eigenvalue weighted by molar-refractivity contribution is -0.139. The number of nitrogens with zero attached hydrogens (tertiary/aromatic N) is 3. The van der Waals surface area contributed by atoms with Gasteiger partial charge in [-0.15, -0.1) is 0 Å². The van der Waals surface area contributed by atoms with Gasteiger partial charge in [-0.05, 0) is 57.3 Å². The van der Waals surface area contributed by atoms with Crippen LogP contribution in [0.25, 0.3) is 0 Å². The van der Waals surface area contributed by atoms with Gasteiger partial charge in [-0.1, -0.05) is 6.42 Å². The molecule has 0 aromatic carbocycles. The van der Waals surface area contributed by atoms with Crippen LogP contribution >= 0.6 is 0 Å². The molecule has 0 atom stereocenters. The second-order valence-electron chi connectivity index (χ2n) is 7.97. The van der Waals surface area contributed by atoms with Crippen molar-refractivity contribution in [3.05, 3.63) is 17.7 Å². The summed E-state index contributed by atoms with van der Waals surface area (Å²) < 4.78 is 2.45. The molecule has 2 aliphatic carbocycles. The zero-order valence-electron chi connectivity index (χ0n) is 14.3. The van der Waals surface area contributed by atoms with Crippen molar-refractivity contribution in [2.24, 2.45) is 17.8 Å². The summed E-state index contributed by atoms with van der Waals surface area (Å²) >= 11 is 0. The number of rotatable bonds is 5. The summed E-state index contributed by atoms with van der Waals surface area (Å²) in [6.45, 7) is 5.27. The highest BCUT2D eigenvalue weighted by atomic mass is 16.2. The first kappa shape index (κ1) is 15.2. The van der Waals surface area contributed by atoms with Gasteiger partial charge in [-0.3, -0.25) is 4.79 Å². The molecule has 1 amide bonds. The molecule has 23 heavy (non-hydrogen) atoms. The van der Waals surface area contributed by atoms with Gasteiger partial charge < -0.3 is 9.47 Å². The topological polar surface area (TPSA) is 38.1 Å². The zero-order valence-corrected chi connectivity index (χ0v) is 14.3. The molecule has 4 heteroatoms. The summed E-state index contributed by atoms with van der Waals surface area (Å²) in [7, 11) is 0. The predicted molar refractivity (Wildman–Crippen MR) is 90.0 cm³/mol. The maximum atomic E-state index is 12.3. The number of hydrogen-bond acceptors (Lipinski definition) is 2. The van der Waals surface area contributed by atoms with Crippen molar-refractivity contribution in [2.75, 3.05) is 13.1 Å². The fraction of sp³-hybridized carbons (Fsp3) is 0.789. The smallest absolute Gasteiger partial charge is 0.225 e. The van der Waals surface area contributed by atoms with Gasteiger partial charge in [-0.25, -0.2) is 4.98 Å². The van der Waals surface area contributed by atoms with Crippen LogP contribution in [0.2, 0.25) is 0 Å². The van der Waals surface area contributed by atoms with Gasteiger partial charge in [-0.2, -0.15) is 0 Å². The molecule has 126 valence electrons. The van der Waals surface area contributed by atoms with E-state index in [-0.39, 0.29) is 0 Å². The van der Waals surface area contributed by atoms with E-state index in [4.69, 9.17) is 0 Å². The van der Waals surface area contributed by atoms with Crippen molar-refractivity contribution in [1.82, 2.24) is 14.5 Å². The van der Waals surface area contributed by atoms with E-state index in [1.807, 2.05) is 6.20 Å². The molecule has 0 spiro atoms. The predicted octanol–water partition coefficient (Wildman–Crippen LogP) is 3.18. The van der Waals surface area contributed by atoms with E-state index < -0.39 is 0 Å². The first-order valence-corrected chi connectivity index (χ1v) is 9.50. The molecule has 1 aromatic heterocycles. The second kappa shape index (κ2) is 6.29. The van der Waals surface area contributed by atoms with Crippen molar-refractivity contribution in [2.45, 2.75) is 64.8 Å². The molecular formula is C19H29N3O. The number of carbonyl (C=O) groups excluding carboxylic acids is 1. The van der Waals surface area contributed by atoms with Crippen LogP contribution in [0.15, 0.2) is 6.20 Å². The molecule has 1 aliphatic heterocycles. The minimum Gasteiger partial charge on any atom is -0.342 e. The van der Waals surface area contributed by atoms with E-state index in [0.717, 1.165) is 51.1 Å². The monoisotopic (exact) mass is 315 g/mol. The minimum atomic E-state index is 0.353. The molecule has 3 aliphatic rings. The Balaban J connectivity index is 1.31. The standard InChI is InChI=1S/C19H29N3O/c1-14-12-20-18(22(14)13-16-5-6-16)11-15-7-9-21(10-8-15)19(23)17-3-2-4-17/h12,15-17H,2-11,13H2,1H3. The SMILES string of the molecule is Cc1cnc(CC2CCN(C(=O)C3CCC3)CC2)n1CC1CC1. The van der Waals surface area contributed by atoms with E-state index >= 15 is 0 Å². The molecule has 1 aromatic rings. The van der Waals surface area contributed by atoms with Crippen molar-refractivity contribution >= 4 is 5.91 Å². The number of piperidine rings is 1. The van der Waals surface area contributed by atoms with E-state index in [1.165, 1.54) is 37.3 Å². The fourth-order valence-electron chi connectivity index (χ4n) is 4.01. The Kier molecular flexibility index (Phi) is 4.16. The highest BCUT2D eigenvalue weighted by Gasteiger charge is 2.32. The fourth-order valence-corrected chi connectivity index (χ4v) is 4.01. The van der Waals surface area contributed by atoms with Crippen LogP contribution in [0.5, 0.6) is 0 Å². The number of amides is 1. The number of aromatic nitrogens is 2. The summed E-state index contributed by atoms with van der Waals surface area (Å²) in [5, 5.41) is 0.